The van der Waals surface area contributed by atoms with E-state index in [0.717, 1.165) is 0 Å². The summed E-state index contributed by atoms with van der Waals surface area (Å²) in [4.78, 5) is 23.8. The number of aromatic nitrogens is 2. The zero-order valence-electron chi connectivity index (χ0n) is 11.7. The second-order valence-corrected chi connectivity index (χ2v) is 5.10. The Morgan fingerprint density at radius 3 is 2.77 bits per heavy atom. The lowest BCUT2D eigenvalue weighted by Crippen LogP contribution is -2.57. The van der Waals surface area contributed by atoms with Gasteiger partial charge < -0.3 is 19.6 Å². The number of carboxylic acid groups (broad SMARTS) is 1. The Morgan fingerprint density at radius 2 is 2.14 bits per heavy atom. The normalized spacial score (nSPS) is 17.1. The van der Waals surface area contributed by atoms with Crippen molar-refractivity contribution in [3.05, 3.63) is 30.2 Å². The summed E-state index contributed by atoms with van der Waals surface area (Å²) in [6, 6.07) is 4.97. The molecule has 0 aromatic carbocycles. The van der Waals surface area contributed by atoms with Crippen LogP contribution in [0.4, 0.5) is 0 Å². The van der Waals surface area contributed by atoms with E-state index in [9.17, 15) is 14.7 Å². The number of H-pyrrole nitrogens is 1. The summed E-state index contributed by atoms with van der Waals surface area (Å²) in [5.41, 5.74) is -0.649. The number of carboxylic acids is 1. The second-order valence-electron chi connectivity index (χ2n) is 5.10. The quantitative estimate of drug-likeness (QED) is 0.776. The molecule has 1 saturated heterocycles. The standard InChI is InChI=1S/C14H15N3O5/c18-12(15-14(13(19)20)3-6-21-7-4-14)10-8-9(16-17-10)11-2-1-5-22-11/h1-2,5,8H,3-4,6-7H2,(H,15,18)(H,16,17)(H,19,20). The summed E-state index contributed by atoms with van der Waals surface area (Å²) >= 11 is 0. The maximum absolute atomic E-state index is 12.3. The van der Waals surface area contributed by atoms with Crippen LogP contribution in [0.3, 0.4) is 0 Å². The Hall–Kier alpha value is -2.61. The smallest absolute Gasteiger partial charge is 0.329 e. The maximum Gasteiger partial charge on any atom is 0.329 e. The fourth-order valence-corrected chi connectivity index (χ4v) is 2.39. The molecule has 0 saturated carbocycles. The molecule has 116 valence electrons. The molecule has 2 aromatic heterocycles. The van der Waals surface area contributed by atoms with Crippen molar-refractivity contribution in [2.45, 2.75) is 18.4 Å². The zero-order valence-corrected chi connectivity index (χ0v) is 11.7. The summed E-state index contributed by atoms with van der Waals surface area (Å²) in [6.07, 6.45) is 1.96. The highest BCUT2D eigenvalue weighted by Crippen LogP contribution is 2.22. The van der Waals surface area contributed by atoms with Crippen LogP contribution >= 0.6 is 0 Å². The van der Waals surface area contributed by atoms with E-state index in [0.29, 0.717) is 24.7 Å². The molecule has 1 aliphatic rings. The topological polar surface area (TPSA) is 117 Å². The Bertz CT molecular complexity index is 670. The summed E-state index contributed by atoms with van der Waals surface area (Å²) < 4.78 is 10.4. The van der Waals surface area contributed by atoms with Gasteiger partial charge in [-0.25, -0.2) is 4.79 Å². The third-order valence-corrected chi connectivity index (χ3v) is 3.71. The largest absolute Gasteiger partial charge is 0.480 e. The van der Waals surface area contributed by atoms with Crippen molar-refractivity contribution >= 4 is 11.9 Å². The van der Waals surface area contributed by atoms with Crippen LogP contribution < -0.4 is 5.32 Å². The van der Waals surface area contributed by atoms with E-state index in [1.54, 1.807) is 12.1 Å². The average Bonchev–Trinajstić information content (AvgIpc) is 3.19. The van der Waals surface area contributed by atoms with Crippen LogP contribution in [-0.2, 0) is 9.53 Å². The molecule has 0 aliphatic carbocycles. The Kier molecular flexibility index (Phi) is 3.68. The molecule has 8 nitrogen and oxygen atoms in total. The average molecular weight is 305 g/mol. The lowest BCUT2D eigenvalue weighted by atomic mass is 9.90. The van der Waals surface area contributed by atoms with E-state index in [1.807, 2.05) is 0 Å². The number of nitrogens with one attached hydrogen (secondary N) is 2. The number of aromatic amines is 1. The van der Waals surface area contributed by atoms with Crippen molar-refractivity contribution in [2.75, 3.05) is 13.2 Å². The SMILES string of the molecule is O=C(NC1(C(=O)O)CCOCC1)c1cc(-c2ccco2)[nH]n1. The van der Waals surface area contributed by atoms with E-state index < -0.39 is 17.4 Å². The van der Waals surface area contributed by atoms with Gasteiger partial charge in [0.05, 0.1) is 6.26 Å². The van der Waals surface area contributed by atoms with E-state index >= 15 is 0 Å². The van der Waals surface area contributed by atoms with E-state index in [2.05, 4.69) is 15.5 Å². The van der Waals surface area contributed by atoms with Gasteiger partial charge in [0, 0.05) is 32.1 Å². The first-order valence-electron chi connectivity index (χ1n) is 6.84. The van der Waals surface area contributed by atoms with Crippen LogP contribution in [0.15, 0.2) is 28.9 Å². The highest BCUT2D eigenvalue weighted by atomic mass is 16.5. The molecule has 1 aliphatic heterocycles. The van der Waals surface area contributed by atoms with Crippen molar-refractivity contribution in [1.82, 2.24) is 15.5 Å². The van der Waals surface area contributed by atoms with Crippen LogP contribution in [0, 0.1) is 0 Å². The van der Waals surface area contributed by atoms with Crippen LogP contribution in [-0.4, -0.2) is 45.9 Å². The molecule has 22 heavy (non-hydrogen) atoms. The van der Waals surface area contributed by atoms with Crippen molar-refractivity contribution in [3.8, 4) is 11.5 Å². The Morgan fingerprint density at radius 1 is 1.36 bits per heavy atom. The highest BCUT2D eigenvalue weighted by Gasteiger charge is 2.42. The Balaban J connectivity index is 1.77. The minimum absolute atomic E-state index is 0.110. The van der Waals surface area contributed by atoms with Crippen molar-refractivity contribution < 1.29 is 23.8 Å². The fraction of sp³-hybridized carbons (Fsp3) is 0.357. The molecule has 0 bridgehead atoms. The molecule has 0 unspecified atom stereocenters. The Labute approximate surface area is 125 Å². The van der Waals surface area contributed by atoms with Gasteiger partial charge in [0.1, 0.15) is 11.2 Å². The molecule has 3 rings (SSSR count). The van der Waals surface area contributed by atoms with Gasteiger partial charge in [0.2, 0.25) is 0 Å². The van der Waals surface area contributed by atoms with Gasteiger partial charge in [0.25, 0.3) is 5.91 Å². The molecular formula is C14H15N3O5. The molecule has 1 fully saturated rings. The molecule has 3 heterocycles. The van der Waals surface area contributed by atoms with Gasteiger partial charge >= 0.3 is 5.97 Å². The monoisotopic (exact) mass is 305 g/mol. The highest BCUT2D eigenvalue weighted by molar-refractivity contribution is 5.97. The second kappa shape index (κ2) is 5.64. The number of hydrogen-bond donors (Lipinski definition) is 3. The molecule has 1 amide bonds. The molecule has 8 heteroatoms. The summed E-state index contributed by atoms with van der Waals surface area (Å²) in [6.45, 7) is 0.593. The fourth-order valence-electron chi connectivity index (χ4n) is 2.39. The van der Waals surface area contributed by atoms with Crippen LogP contribution in [0.25, 0.3) is 11.5 Å². The number of carbonyl (C=O) groups excluding carboxylic acids is 1. The number of rotatable bonds is 4. The number of furan rings is 1. The minimum atomic E-state index is -1.31. The predicted molar refractivity (Wildman–Crippen MR) is 74.2 cm³/mol. The lowest BCUT2D eigenvalue weighted by Gasteiger charge is -2.33. The minimum Gasteiger partial charge on any atom is -0.480 e. The lowest BCUT2D eigenvalue weighted by molar-refractivity contribution is -0.148. The first kappa shape index (κ1) is 14.3. The number of hydrogen-bond acceptors (Lipinski definition) is 5. The summed E-state index contributed by atoms with van der Waals surface area (Å²) in [5.74, 6) is -1.06. The van der Waals surface area contributed by atoms with Gasteiger partial charge in [-0.15, -0.1) is 0 Å². The third kappa shape index (κ3) is 2.60. The molecule has 3 N–H and O–H groups in total. The molecular weight excluding hydrogens is 290 g/mol. The van der Waals surface area contributed by atoms with Gasteiger partial charge in [-0.2, -0.15) is 5.10 Å². The van der Waals surface area contributed by atoms with Gasteiger partial charge in [-0.3, -0.25) is 9.89 Å². The number of aliphatic carboxylic acids is 1. The molecule has 0 radical (unpaired) electrons. The summed E-state index contributed by atoms with van der Waals surface area (Å²) in [5, 5.41) is 18.6. The van der Waals surface area contributed by atoms with Gasteiger partial charge in [-0.1, -0.05) is 0 Å². The summed E-state index contributed by atoms with van der Waals surface area (Å²) in [7, 11) is 0. The van der Waals surface area contributed by atoms with Crippen molar-refractivity contribution in [3.63, 3.8) is 0 Å². The number of carbonyl (C=O) groups is 2. The molecule has 0 atom stereocenters. The van der Waals surface area contributed by atoms with Crippen molar-refractivity contribution in [2.24, 2.45) is 0 Å². The third-order valence-electron chi connectivity index (χ3n) is 3.71. The molecule has 2 aromatic rings. The molecule has 0 spiro atoms. The number of nitrogens with zero attached hydrogens (tertiary/aromatic N) is 1. The predicted octanol–water partition coefficient (Wildman–Crippen LogP) is 1.03. The first-order valence-corrected chi connectivity index (χ1v) is 6.84. The zero-order chi connectivity index (χ0) is 15.6. The van der Waals surface area contributed by atoms with Crippen LogP contribution in [0.5, 0.6) is 0 Å². The number of ether oxygens (including phenoxy) is 1. The van der Waals surface area contributed by atoms with E-state index in [4.69, 9.17) is 9.15 Å². The van der Waals surface area contributed by atoms with Gasteiger partial charge in [-0.05, 0) is 12.1 Å². The van der Waals surface area contributed by atoms with E-state index in [1.165, 1.54) is 12.3 Å². The number of amides is 1. The van der Waals surface area contributed by atoms with Crippen LogP contribution in [0.2, 0.25) is 0 Å². The van der Waals surface area contributed by atoms with Gasteiger partial charge in [0.15, 0.2) is 11.5 Å². The van der Waals surface area contributed by atoms with Crippen LogP contribution in [0.1, 0.15) is 23.3 Å². The van der Waals surface area contributed by atoms with Crippen molar-refractivity contribution in [1.29, 1.82) is 0 Å². The first-order chi connectivity index (χ1) is 10.6. The van der Waals surface area contributed by atoms with E-state index in [-0.39, 0.29) is 18.5 Å². The maximum atomic E-state index is 12.3.